The molecule has 2 aliphatic rings. The van der Waals surface area contributed by atoms with Crippen molar-refractivity contribution in [2.75, 3.05) is 14.2 Å². The van der Waals surface area contributed by atoms with E-state index in [2.05, 4.69) is 5.32 Å². The minimum absolute atomic E-state index is 0.118. The summed E-state index contributed by atoms with van der Waals surface area (Å²) in [5, 5.41) is 3.15. The van der Waals surface area contributed by atoms with E-state index in [-0.39, 0.29) is 11.2 Å². The second-order valence-electron chi connectivity index (χ2n) is 6.57. The second-order valence-corrected chi connectivity index (χ2v) is 7.98. The number of rotatable bonds is 6. The van der Waals surface area contributed by atoms with Gasteiger partial charge in [0.15, 0.2) is 11.5 Å². The van der Waals surface area contributed by atoms with E-state index in [1.165, 1.54) is 25.7 Å². The van der Waals surface area contributed by atoms with Gasteiger partial charge in [0, 0.05) is 10.9 Å². The van der Waals surface area contributed by atoms with Crippen LogP contribution in [0.2, 0.25) is 0 Å². The number of carbonyl (C=O) groups excluding carboxylic acids is 1. The van der Waals surface area contributed by atoms with Crippen molar-refractivity contribution in [3.05, 3.63) is 18.2 Å². The van der Waals surface area contributed by atoms with E-state index >= 15 is 0 Å². The normalized spacial score (nSPS) is 26.8. The fraction of sp³-hybridized carbons (Fsp3) is 0.611. The van der Waals surface area contributed by atoms with Gasteiger partial charge in [-0.1, -0.05) is 6.42 Å². The molecule has 0 spiro atoms. The highest BCUT2D eigenvalue weighted by Crippen LogP contribution is 2.44. The van der Waals surface area contributed by atoms with Gasteiger partial charge in [0.25, 0.3) is 0 Å². The summed E-state index contributed by atoms with van der Waals surface area (Å²) in [5.41, 5.74) is 0. The van der Waals surface area contributed by atoms with Crippen LogP contribution < -0.4 is 14.8 Å². The summed E-state index contributed by atoms with van der Waals surface area (Å²) < 4.78 is 10.6. The van der Waals surface area contributed by atoms with Crippen LogP contribution in [0.4, 0.5) is 0 Å². The Bertz CT molecular complexity index is 577. The van der Waals surface area contributed by atoms with Gasteiger partial charge >= 0.3 is 0 Å². The summed E-state index contributed by atoms with van der Waals surface area (Å²) in [5.74, 6) is 3.10. The molecule has 2 fully saturated rings. The van der Waals surface area contributed by atoms with Crippen molar-refractivity contribution in [2.45, 2.75) is 48.8 Å². The Kier molecular flexibility index (Phi) is 5.05. The Hall–Kier alpha value is -1.36. The molecule has 0 aromatic heterocycles. The van der Waals surface area contributed by atoms with Crippen molar-refractivity contribution in [3.8, 4) is 11.5 Å². The average molecular weight is 335 g/mol. The van der Waals surface area contributed by atoms with Crippen LogP contribution in [0.25, 0.3) is 0 Å². The number of methoxy groups -OCH3 is 2. The smallest absolute Gasteiger partial charge is 0.233 e. The number of thioether (sulfide) groups is 1. The maximum Gasteiger partial charge on any atom is 0.233 e. The molecule has 1 amide bonds. The Morgan fingerprint density at radius 2 is 2.00 bits per heavy atom. The number of hydrogen-bond donors (Lipinski definition) is 1. The minimum atomic E-state index is -0.118. The maximum atomic E-state index is 12.5. The largest absolute Gasteiger partial charge is 0.493 e. The van der Waals surface area contributed by atoms with E-state index in [1.54, 1.807) is 26.0 Å². The topological polar surface area (TPSA) is 47.6 Å². The van der Waals surface area contributed by atoms with Crippen molar-refractivity contribution in [3.63, 3.8) is 0 Å². The summed E-state index contributed by atoms with van der Waals surface area (Å²) in [4.78, 5) is 13.5. The summed E-state index contributed by atoms with van der Waals surface area (Å²) in [6.45, 7) is 1.96. The lowest BCUT2D eigenvalue weighted by Crippen LogP contribution is -2.42. The molecule has 2 saturated carbocycles. The zero-order chi connectivity index (χ0) is 16.4. The van der Waals surface area contributed by atoms with Gasteiger partial charge < -0.3 is 14.8 Å². The summed E-state index contributed by atoms with van der Waals surface area (Å²) in [6.07, 6.45) is 5.12. The highest BCUT2D eigenvalue weighted by atomic mass is 32.2. The third-order valence-electron chi connectivity index (χ3n) is 5.10. The molecule has 4 atom stereocenters. The quantitative estimate of drug-likeness (QED) is 0.809. The lowest BCUT2D eigenvalue weighted by Gasteiger charge is -2.24. The third kappa shape index (κ3) is 3.60. The van der Waals surface area contributed by atoms with E-state index in [0.29, 0.717) is 23.5 Å². The van der Waals surface area contributed by atoms with Crippen molar-refractivity contribution >= 4 is 17.7 Å². The lowest BCUT2D eigenvalue weighted by atomic mass is 9.95. The highest BCUT2D eigenvalue weighted by molar-refractivity contribution is 8.00. The molecule has 3 rings (SSSR count). The summed E-state index contributed by atoms with van der Waals surface area (Å²) in [6, 6.07) is 6.16. The van der Waals surface area contributed by atoms with Crippen LogP contribution in [0, 0.1) is 11.8 Å². The molecule has 4 nitrogen and oxygen atoms in total. The maximum absolute atomic E-state index is 12.5. The fourth-order valence-corrected chi connectivity index (χ4v) is 4.77. The van der Waals surface area contributed by atoms with Gasteiger partial charge in [-0.15, -0.1) is 11.8 Å². The minimum Gasteiger partial charge on any atom is -0.493 e. The van der Waals surface area contributed by atoms with Crippen LogP contribution in [0.3, 0.4) is 0 Å². The number of carbonyl (C=O) groups is 1. The Balaban J connectivity index is 1.58. The number of amides is 1. The van der Waals surface area contributed by atoms with Crippen molar-refractivity contribution in [2.24, 2.45) is 11.8 Å². The van der Waals surface area contributed by atoms with E-state index in [9.17, 15) is 4.79 Å². The van der Waals surface area contributed by atoms with Gasteiger partial charge in [-0.05, 0) is 56.2 Å². The monoisotopic (exact) mass is 335 g/mol. The lowest BCUT2D eigenvalue weighted by molar-refractivity contribution is -0.121. The van der Waals surface area contributed by atoms with E-state index in [4.69, 9.17) is 9.47 Å². The van der Waals surface area contributed by atoms with Crippen molar-refractivity contribution in [1.82, 2.24) is 5.32 Å². The van der Waals surface area contributed by atoms with Gasteiger partial charge in [0.1, 0.15) is 0 Å². The highest BCUT2D eigenvalue weighted by Gasteiger charge is 2.40. The van der Waals surface area contributed by atoms with Gasteiger partial charge in [0.05, 0.1) is 19.5 Å². The molecule has 0 radical (unpaired) electrons. The van der Waals surface area contributed by atoms with Crippen molar-refractivity contribution < 1.29 is 14.3 Å². The van der Waals surface area contributed by atoms with Crippen LogP contribution in [0.15, 0.2) is 23.1 Å². The molecule has 5 heteroatoms. The van der Waals surface area contributed by atoms with E-state index in [1.807, 2.05) is 25.1 Å². The second kappa shape index (κ2) is 7.04. The number of benzene rings is 1. The Morgan fingerprint density at radius 1 is 1.22 bits per heavy atom. The first-order valence-electron chi connectivity index (χ1n) is 8.29. The van der Waals surface area contributed by atoms with Crippen LogP contribution in [0.5, 0.6) is 11.5 Å². The molecule has 0 saturated heterocycles. The van der Waals surface area contributed by atoms with Gasteiger partial charge in [-0.25, -0.2) is 0 Å². The number of hydrogen-bond acceptors (Lipinski definition) is 4. The Morgan fingerprint density at radius 3 is 2.61 bits per heavy atom. The predicted octanol–water partition coefficient (Wildman–Crippen LogP) is 3.49. The molecule has 126 valence electrons. The standard InChI is InChI=1S/C18H25NO3S/c1-11(18(20)19-15-9-12-4-5-13(15)8-12)23-14-6-7-16(21-2)17(10-14)22-3/h6-7,10-13,15H,4-5,8-9H2,1-3H3,(H,19,20)/t11-,12-,13-,15+/m0/s1. The predicted molar refractivity (Wildman–Crippen MR) is 92.2 cm³/mol. The molecule has 0 aliphatic heterocycles. The first kappa shape index (κ1) is 16.5. The first-order valence-corrected chi connectivity index (χ1v) is 9.17. The van der Waals surface area contributed by atoms with Crippen LogP contribution in [0.1, 0.15) is 32.6 Å². The number of ether oxygens (including phenoxy) is 2. The molecule has 2 bridgehead atoms. The van der Waals surface area contributed by atoms with Gasteiger partial charge in [-0.3, -0.25) is 4.79 Å². The number of fused-ring (bicyclic) bond motifs is 2. The SMILES string of the molecule is COc1ccc(S[C@@H](C)C(=O)N[C@@H]2C[C@H]3CC[C@H]2C3)cc1OC. The average Bonchev–Trinajstić information content (AvgIpc) is 3.17. The molecular formula is C18H25NO3S. The first-order chi connectivity index (χ1) is 11.1. The van der Waals surface area contributed by atoms with Gasteiger partial charge in [-0.2, -0.15) is 0 Å². The fourth-order valence-electron chi connectivity index (χ4n) is 3.87. The molecule has 1 aromatic rings. The summed E-state index contributed by atoms with van der Waals surface area (Å²) in [7, 11) is 3.24. The zero-order valence-corrected chi connectivity index (χ0v) is 14.8. The third-order valence-corrected chi connectivity index (χ3v) is 6.20. The summed E-state index contributed by atoms with van der Waals surface area (Å²) >= 11 is 1.56. The molecule has 1 N–H and O–H groups in total. The molecule has 0 unspecified atom stereocenters. The van der Waals surface area contributed by atoms with Crippen LogP contribution in [-0.2, 0) is 4.79 Å². The molecule has 2 aliphatic carbocycles. The zero-order valence-electron chi connectivity index (χ0n) is 14.0. The van der Waals surface area contributed by atoms with Crippen LogP contribution in [-0.4, -0.2) is 31.4 Å². The molecule has 23 heavy (non-hydrogen) atoms. The molecular weight excluding hydrogens is 310 g/mol. The molecule has 0 heterocycles. The van der Waals surface area contributed by atoms with E-state index in [0.717, 1.165) is 10.8 Å². The molecule has 1 aromatic carbocycles. The van der Waals surface area contributed by atoms with E-state index < -0.39 is 0 Å². The number of nitrogens with one attached hydrogen (secondary N) is 1. The Labute approximate surface area is 142 Å². The van der Waals surface area contributed by atoms with Crippen molar-refractivity contribution in [1.29, 1.82) is 0 Å². The van der Waals surface area contributed by atoms with Crippen LogP contribution >= 0.6 is 11.8 Å². The van der Waals surface area contributed by atoms with Gasteiger partial charge in [0.2, 0.25) is 5.91 Å².